The average molecular weight is 294 g/mol. The van der Waals surface area contributed by atoms with Gasteiger partial charge in [-0.25, -0.2) is 0 Å². The van der Waals surface area contributed by atoms with Gasteiger partial charge in [0.25, 0.3) is 0 Å². The van der Waals surface area contributed by atoms with Crippen LogP contribution in [0.5, 0.6) is 0 Å². The molecule has 20 heavy (non-hydrogen) atoms. The van der Waals surface area contributed by atoms with Gasteiger partial charge >= 0.3 is 0 Å². The summed E-state index contributed by atoms with van der Waals surface area (Å²) in [5.41, 5.74) is 1.29. The van der Waals surface area contributed by atoms with Crippen molar-refractivity contribution in [1.82, 2.24) is 10.2 Å². The topological polar surface area (TPSA) is 41.6 Å². The molecule has 2 aliphatic rings. The number of nitrogens with one attached hydrogen (secondary N) is 1. The normalized spacial score (nSPS) is 30.1. The Morgan fingerprint density at radius 1 is 1.55 bits per heavy atom. The molecule has 5 heteroatoms. The van der Waals surface area contributed by atoms with Crippen LogP contribution in [0.2, 0.25) is 0 Å². The molecule has 2 aliphatic heterocycles. The van der Waals surface area contributed by atoms with E-state index in [1.807, 2.05) is 0 Å². The van der Waals surface area contributed by atoms with Crippen LogP contribution in [0.25, 0.3) is 0 Å². The Morgan fingerprint density at radius 2 is 2.45 bits per heavy atom. The van der Waals surface area contributed by atoms with Gasteiger partial charge in [0.05, 0.1) is 25.2 Å². The van der Waals surface area contributed by atoms with Gasteiger partial charge in [-0.2, -0.15) is 11.3 Å². The van der Waals surface area contributed by atoms with E-state index in [9.17, 15) is 4.79 Å². The molecule has 0 saturated carbocycles. The average Bonchev–Trinajstić information content (AvgIpc) is 3.19. The number of likely N-dealkylation sites (tertiary alicyclic amines) is 1. The first kappa shape index (κ1) is 14.0. The van der Waals surface area contributed by atoms with Crippen molar-refractivity contribution in [3.05, 3.63) is 22.4 Å². The minimum absolute atomic E-state index is 0.0193. The van der Waals surface area contributed by atoms with E-state index < -0.39 is 0 Å². The monoisotopic (exact) mass is 294 g/mol. The number of ether oxygens (including phenoxy) is 1. The third-order valence-electron chi connectivity index (χ3n) is 4.33. The van der Waals surface area contributed by atoms with Crippen molar-refractivity contribution in [3.8, 4) is 0 Å². The second kappa shape index (κ2) is 6.24. The highest BCUT2D eigenvalue weighted by Crippen LogP contribution is 2.35. The number of rotatable bonds is 4. The smallest absolute Gasteiger partial charge is 0.230 e. The van der Waals surface area contributed by atoms with E-state index in [-0.39, 0.29) is 23.9 Å². The van der Waals surface area contributed by atoms with Gasteiger partial charge < -0.3 is 15.0 Å². The Hall–Kier alpha value is -0.910. The van der Waals surface area contributed by atoms with Crippen molar-refractivity contribution in [2.45, 2.75) is 31.8 Å². The predicted octanol–water partition coefficient (Wildman–Crippen LogP) is 2.04. The number of nitrogens with zero attached hydrogens (tertiary/aromatic N) is 1. The van der Waals surface area contributed by atoms with Crippen molar-refractivity contribution in [3.63, 3.8) is 0 Å². The largest absolute Gasteiger partial charge is 0.379 e. The first-order valence-corrected chi connectivity index (χ1v) is 8.39. The van der Waals surface area contributed by atoms with E-state index in [0.29, 0.717) is 13.2 Å². The van der Waals surface area contributed by atoms with E-state index >= 15 is 0 Å². The van der Waals surface area contributed by atoms with Gasteiger partial charge in [-0.1, -0.05) is 6.92 Å². The third-order valence-corrected chi connectivity index (χ3v) is 5.03. The van der Waals surface area contributed by atoms with Crippen LogP contribution < -0.4 is 5.32 Å². The number of thiophene rings is 1. The molecule has 3 unspecified atom stereocenters. The zero-order chi connectivity index (χ0) is 13.9. The second-order valence-electron chi connectivity index (χ2n) is 5.55. The van der Waals surface area contributed by atoms with Gasteiger partial charge in [0.1, 0.15) is 0 Å². The summed E-state index contributed by atoms with van der Waals surface area (Å²) in [6.07, 6.45) is 2.19. The lowest BCUT2D eigenvalue weighted by Crippen LogP contribution is -2.45. The van der Waals surface area contributed by atoms with Crippen molar-refractivity contribution in [2.24, 2.45) is 5.92 Å². The highest BCUT2D eigenvalue weighted by Gasteiger charge is 2.40. The molecule has 0 aliphatic carbocycles. The molecule has 3 rings (SSSR count). The van der Waals surface area contributed by atoms with Crippen molar-refractivity contribution >= 4 is 17.2 Å². The zero-order valence-electron chi connectivity index (χ0n) is 11.9. The summed E-state index contributed by atoms with van der Waals surface area (Å²) in [5.74, 6) is 0.247. The summed E-state index contributed by atoms with van der Waals surface area (Å²) in [7, 11) is 0. The Kier molecular flexibility index (Phi) is 4.38. The van der Waals surface area contributed by atoms with Gasteiger partial charge in [-0.05, 0) is 41.8 Å². The maximum absolute atomic E-state index is 12.8. The summed E-state index contributed by atoms with van der Waals surface area (Å²) < 4.78 is 5.52. The quantitative estimate of drug-likeness (QED) is 0.924. The van der Waals surface area contributed by atoms with Crippen molar-refractivity contribution in [1.29, 1.82) is 0 Å². The summed E-state index contributed by atoms with van der Waals surface area (Å²) in [5, 5.41) is 7.64. The maximum Gasteiger partial charge on any atom is 0.230 e. The van der Waals surface area contributed by atoms with Crippen LogP contribution in [0, 0.1) is 5.92 Å². The Morgan fingerprint density at radius 3 is 3.20 bits per heavy atom. The molecule has 2 saturated heterocycles. The SMILES string of the molecule is CCNC1COCC1C(=O)N1CCCC1c1ccsc1. The molecule has 0 spiro atoms. The second-order valence-corrected chi connectivity index (χ2v) is 6.33. The van der Waals surface area contributed by atoms with Gasteiger partial charge in [0.15, 0.2) is 0 Å². The lowest BCUT2D eigenvalue weighted by molar-refractivity contribution is -0.137. The van der Waals surface area contributed by atoms with Crippen LogP contribution in [0.1, 0.15) is 31.4 Å². The number of carbonyl (C=O) groups excluding carboxylic acids is 1. The van der Waals surface area contributed by atoms with Crippen LogP contribution in [0.3, 0.4) is 0 Å². The number of carbonyl (C=O) groups is 1. The molecule has 110 valence electrons. The molecule has 3 heterocycles. The third kappa shape index (κ3) is 2.62. The first-order valence-electron chi connectivity index (χ1n) is 7.45. The highest BCUT2D eigenvalue weighted by molar-refractivity contribution is 7.07. The Balaban J connectivity index is 1.72. The lowest BCUT2D eigenvalue weighted by atomic mass is 10.0. The molecule has 0 bridgehead atoms. The summed E-state index contributed by atoms with van der Waals surface area (Å²) >= 11 is 1.71. The van der Waals surface area contributed by atoms with E-state index in [4.69, 9.17) is 4.74 Å². The lowest BCUT2D eigenvalue weighted by Gasteiger charge is -2.29. The fourth-order valence-corrected chi connectivity index (χ4v) is 4.02. The van der Waals surface area contributed by atoms with E-state index in [0.717, 1.165) is 25.9 Å². The Bertz CT molecular complexity index is 449. The van der Waals surface area contributed by atoms with E-state index in [1.165, 1.54) is 5.56 Å². The molecule has 2 fully saturated rings. The summed E-state index contributed by atoms with van der Waals surface area (Å²) in [6.45, 7) is 5.05. The van der Waals surface area contributed by atoms with Crippen molar-refractivity contribution in [2.75, 3.05) is 26.3 Å². The zero-order valence-corrected chi connectivity index (χ0v) is 12.7. The molecular weight excluding hydrogens is 272 g/mol. The number of amides is 1. The van der Waals surface area contributed by atoms with E-state index in [2.05, 4.69) is 34.0 Å². The van der Waals surface area contributed by atoms with Crippen LogP contribution in [0.4, 0.5) is 0 Å². The molecule has 1 aromatic rings. The number of likely N-dealkylation sites (N-methyl/N-ethyl adjacent to an activating group) is 1. The van der Waals surface area contributed by atoms with Gasteiger partial charge in [0.2, 0.25) is 5.91 Å². The fraction of sp³-hybridized carbons (Fsp3) is 0.667. The van der Waals surface area contributed by atoms with Gasteiger partial charge in [-0.15, -0.1) is 0 Å². The summed E-state index contributed by atoms with van der Waals surface area (Å²) in [6, 6.07) is 2.60. The van der Waals surface area contributed by atoms with Crippen LogP contribution >= 0.6 is 11.3 Å². The number of hydrogen-bond acceptors (Lipinski definition) is 4. The minimum atomic E-state index is -0.0193. The van der Waals surface area contributed by atoms with Gasteiger partial charge in [-0.3, -0.25) is 4.79 Å². The molecule has 1 amide bonds. The van der Waals surface area contributed by atoms with Crippen LogP contribution in [0.15, 0.2) is 16.8 Å². The summed E-state index contributed by atoms with van der Waals surface area (Å²) in [4.78, 5) is 14.9. The molecule has 1 N–H and O–H groups in total. The molecule has 1 aromatic heterocycles. The molecular formula is C15H22N2O2S. The molecule has 3 atom stereocenters. The highest BCUT2D eigenvalue weighted by atomic mass is 32.1. The standard InChI is InChI=1S/C15H22N2O2S/c1-2-16-13-9-19-8-12(13)15(18)17-6-3-4-14(17)11-5-7-20-10-11/h5,7,10,12-14,16H,2-4,6,8-9H2,1H3. The predicted molar refractivity (Wildman–Crippen MR) is 79.8 cm³/mol. The van der Waals surface area contributed by atoms with E-state index in [1.54, 1.807) is 11.3 Å². The van der Waals surface area contributed by atoms with Crippen LogP contribution in [-0.4, -0.2) is 43.2 Å². The first-order chi connectivity index (χ1) is 9.81. The molecule has 4 nitrogen and oxygen atoms in total. The van der Waals surface area contributed by atoms with Gasteiger partial charge in [0, 0.05) is 12.6 Å². The molecule has 0 radical (unpaired) electrons. The Labute approximate surface area is 124 Å². The maximum atomic E-state index is 12.8. The minimum Gasteiger partial charge on any atom is -0.379 e. The number of hydrogen-bond donors (Lipinski definition) is 1. The molecule has 0 aromatic carbocycles. The van der Waals surface area contributed by atoms with Crippen LogP contribution in [-0.2, 0) is 9.53 Å². The fourth-order valence-electron chi connectivity index (χ4n) is 3.32. The van der Waals surface area contributed by atoms with Crippen molar-refractivity contribution < 1.29 is 9.53 Å².